The van der Waals surface area contributed by atoms with Crippen LogP contribution in [0.3, 0.4) is 0 Å². The third-order valence-electron chi connectivity index (χ3n) is 1.38. The molecule has 7 heteroatoms. The molecule has 0 bridgehead atoms. The molecular formula is C8H4Br3FO3. The molecule has 1 aromatic rings. The third kappa shape index (κ3) is 3.42. The molecule has 0 spiro atoms. The first-order valence-corrected chi connectivity index (χ1v) is 5.98. The van der Waals surface area contributed by atoms with Crippen LogP contribution in [0.4, 0.5) is 4.39 Å². The van der Waals surface area contributed by atoms with E-state index in [4.69, 9.17) is 5.11 Å². The van der Waals surface area contributed by atoms with Crippen LogP contribution in [0.5, 0.6) is 5.75 Å². The minimum absolute atomic E-state index is 0.105. The Bertz CT molecular complexity index is 374. The predicted octanol–water partition coefficient (Wildman–Crippen LogP) is 3.73. The number of hydrogen-bond donors (Lipinski definition) is 1. The van der Waals surface area contributed by atoms with Crippen LogP contribution >= 0.6 is 47.8 Å². The number of halogens is 4. The van der Waals surface area contributed by atoms with E-state index in [0.717, 1.165) is 4.47 Å². The average Bonchev–Trinajstić information content (AvgIpc) is 2.10. The van der Waals surface area contributed by atoms with E-state index in [2.05, 4.69) is 52.5 Å². The normalized spacial score (nSPS) is 12.3. The molecule has 1 rings (SSSR count). The lowest BCUT2D eigenvalue weighted by Gasteiger charge is -2.11. The zero-order chi connectivity index (χ0) is 11.6. The first kappa shape index (κ1) is 12.9. The quantitative estimate of drug-likeness (QED) is 0.832. The summed E-state index contributed by atoms with van der Waals surface area (Å²) in [6, 6.07) is 3.24. The van der Waals surface area contributed by atoms with E-state index < -0.39 is 12.3 Å². The van der Waals surface area contributed by atoms with E-state index in [0.29, 0.717) is 8.95 Å². The largest absolute Gasteiger partial charge is 0.476 e. The standard InChI is InChI=1S/C8H4Br3FO3/c9-3-1-4(10)6(5(11)2-3)15-7(12)8(13)14/h1-2,7H,(H,13,14). The Morgan fingerprint density at radius 3 is 2.20 bits per heavy atom. The molecule has 0 heterocycles. The van der Waals surface area contributed by atoms with E-state index in [1.165, 1.54) is 0 Å². The van der Waals surface area contributed by atoms with Crippen molar-refractivity contribution in [3.05, 3.63) is 25.6 Å². The van der Waals surface area contributed by atoms with Crippen molar-refractivity contribution >= 4 is 53.8 Å². The average molecular weight is 407 g/mol. The van der Waals surface area contributed by atoms with Crippen LogP contribution in [0.1, 0.15) is 0 Å². The number of aliphatic carboxylic acids is 1. The molecule has 1 unspecified atom stereocenters. The maximum Gasteiger partial charge on any atom is 0.378 e. The Hall–Kier alpha value is -0.140. The molecule has 0 aromatic heterocycles. The summed E-state index contributed by atoms with van der Waals surface area (Å²) in [4.78, 5) is 10.3. The van der Waals surface area contributed by atoms with Gasteiger partial charge in [0.15, 0.2) is 5.75 Å². The molecular weight excluding hydrogens is 403 g/mol. The molecule has 0 aliphatic carbocycles. The fraction of sp³-hybridized carbons (Fsp3) is 0.125. The van der Waals surface area contributed by atoms with E-state index in [1.807, 2.05) is 0 Å². The second-order valence-corrected chi connectivity index (χ2v) is 5.10. The molecule has 82 valence electrons. The van der Waals surface area contributed by atoms with Crippen molar-refractivity contribution in [3.8, 4) is 5.75 Å². The Labute approximate surface area is 110 Å². The first-order valence-electron chi connectivity index (χ1n) is 3.60. The van der Waals surface area contributed by atoms with E-state index in [1.54, 1.807) is 12.1 Å². The van der Waals surface area contributed by atoms with Gasteiger partial charge in [-0.05, 0) is 44.0 Å². The zero-order valence-electron chi connectivity index (χ0n) is 7.01. The molecule has 1 N–H and O–H groups in total. The van der Waals surface area contributed by atoms with Crippen LogP contribution in [0.2, 0.25) is 0 Å². The smallest absolute Gasteiger partial charge is 0.378 e. The molecule has 1 atom stereocenters. The molecule has 15 heavy (non-hydrogen) atoms. The fourth-order valence-electron chi connectivity index (χ4n) is 0.795. The zero-order valence-corrected chi connectivity index (χ0v) is 11.8. The highest BCUT2D eigenvalue weighted by molar-refractivity contribution is 9.11. The number of rotatable bonds is 3. The van der Waals surface area contributed by atoms with Crippen LogP contribution in [-0.2, 0) is 4.79 Å². The maximum absolute atomic E-state index is 12.8. The van der Waals surface area contributed by atoms with Gasteiger partial charge in [0.25, 0.3) is 0 Å². The Morgan fingerprint density at radius 2 is 1.80 bits per heavy atom. The van der Waals surface area contributed by atoms with Gasteiger partial charge in [0, 0.05) is 4.47 Å². The van der Waals surface area contributed by atoms with Gasteiger partial charge < -0.3 is 9.84 Å². The van der Waals surface area contributed by atoms with E-state index in [-0.39, 0.29) is 5.75 Å². The van der Waals surface area contributed by atoms with Gasteiger partial charge in [-0.15, -0.1) is 0 Å². The van der Waals surface area contributed by atoms with Gasteiger partial charge in [-0.3, -0.25) is 0 Å². The lowest BCUT2D eigenvalue weighted by atomic mass is 10.3. The molecule has 0 fully saturated rings. The third-order valence-corrected chi connectivity index (χ3v) is 3.01. The van der Waals surface area contributed by atoms with Crippen molar-refractivity contribution in [2.24, 2.45) is 0 Å². The highest BCUT2D eigenvalue weighted by Crippen LogP contribution is 2.37. The van der Waals surface area contributed by atoms with E-state index >= 15 is 0 Å². The Kier molecular flexibility index (Phi) is 4.54. The van der Waals surface area contributed by atoms with Crippen LogP contribution < -0.4 is 4.74 Å². The highest BCUT2D eigenvalue weighted by atomic mass is 79.9. The molecule has 0 aliphatic heterocycles. The summed E-state index contributed by atoms with van der Waals surface area (Å²) in [5.74, 6) is -1.56. The summed E-state index contributed by atoms with van der Waals surface area (Å²) in [5.41, 5.74) is 0. The van der Waals surface area contributed by atoms with Crippen molar-refractivity contribution in [1.29, 1.82) is 0 Å². The lowest BCUT2D eigenvalue weighted by Crippen LogP contribution is -2.21. The van der Waals surface area contributed by atoms with Crippen LogP contribution in [0.25, 0.3) is 0 Å². The summed E-state index contributed by atoms with van der Waals surface area (Å²) in [6.07, 6.45) is -2.39. The molecule has 1 aromatic carbocycles. The number of carboxylic acids is 1. The summed E-state index contributed by atoms with van der Waals surface area (Å²) in [5, 5.41) is 8.34. The number of ether oxygens (including phenoxy) is 1. The molecule has 0 aliphatic rings. The van der Waals surface area contributed by atoms with Gasteiger partial charge in [0.05, 0.1) is 8.95 Å². The van der Waals surface area contributed by atoms with Crippen molar-refractivity contribution in [1.82, 2.24) is 0 Å². The predicted molar refractivity (Wildman–Crippen MR) is 62.7 cm³/mol. The van der Waals surface area contributed by atoms with Crippen LogP contribution in [0, 0.1) is 0 Å². The Morgan fingerprint density at radius 1 is 1.33 bits per heavy atom. The molecule has 0 saturated carbocycles. The monoisotopic (exact) mass is 404 g/mol. The van der Waals surface area contributed by atoms with Crippen molar-refractivity contribution in [2.75, 3.05) is 0 Å². The van der Waals surface area contributed by atoms with Gasteiger partial charge in [-0.25, -0.2) is 4.79 Å². The highest BCUT2D eigenvalue weighted by Gasteiger charge is 2.20. The summed E-state index contributed by atoms with van der Waals surface area (Å²) >= 11 is 9.48. The number of carboxylic acid groups (broad SMARTS) is 1. The van der Waals surface area contributed by atoms with Gasteiger partial charge in [-0.1, -0.05) is 15.9 Å². The number of alkyl halides is 1. The van der Waals surface area contributed by atoms with Crippen molar-refractivity contribution < 1.29 is 19.0 Å². The molecule has 0 radical (unpaired) electrons. The second kappa shape index (κ2) is 5.27. The second-order valence-electron chi connectivity index (χ2n) is 2.47. The van der Waals surface area contributed by atoms with Gasteiger partial charge in [0.2, 0.25) is 0 Å². The van der Waals surface area contributed by atoms with Crippen LogP contribution in [0.15, 0.2) is 25.6 Å². The van der Waals surface area contributed by atoms with Crippen molar-refractivity contribution in [2.45, 2.75) is 6.36 Å². The van der Waals surface area contributed by atoms with Crippen molar-refractivity contribution in [3.63, 3.8) is 0 Å². The summed E-state index contributed by atoms with van der Waals surface area (Å²) in [6.45, 7) is 0. The first-order chi connectivity index (χ1) is 6.91. The van der Waals surface area contributed by atoms with Gasteiger partial charge in [-0.2, -0.15) is 4.39 Å². The number of carbonyl (C=O) groups is 1. The molecule has 0 saturated heterocycles. The summed E-state index contributed by atoms with van der Waals surface area (Å²) in [7, 11) is 0. The van der Waals surface area contributed by atoms with E-state index in [9.17, 15) is 9.18 Å². The summed E-state index contributed by atoms with van der Waals surface area (Å²) < 4.78 is 19.1. The molecule has 3 nitrogen and oxygen atoms in total. The minimum Gasteiger partial charge on any atom is -0.476 e. The fourth-order valence-corrected chi connectivity index (χ4v) is 3.24. The lowest BCUT2D eigenvalue weighted by molar-refractivity contribution is -0.153. The maximum atomic E-state index is 12.8. The number of hydrogen-bond acceptors (Lipinski definition) is 2. The minimum atomic E-state index is -2.39. The Balaban J connectivity index is 3.00. The van der Waals surface area contributed by atoms with Gasteiger partial charge >= 0.3 is 12.3 Å². The van der Waals surface area contributed by atoms with Gasteiger partial charge in [0.1, 0.15) is 0 Å². The topological polar surface area (TPSA) is 46.5 Å². The number of benzene rings is 1. The van der Waals surface area contributed by atoms with Crippen LogP contribution in [-0.4, -0.2) is 17.4 Å². The molecule has 0 amide bonds. The SMILES string of the molecule is O=C(O)C(F)Oc1c(Br)cc(Br)cc1Br.